The molecule has 1 amide bonds. The summed E-state index contributed by atoms with van der Waals surface area (Å²) in [5, 5.41) is 3.86. The van der Waals surface area contributed by atoms with Crippen LogP contribution in [0.15, 0.2) is 48.7 Å². The molecule has 0 radical (unpaired) electrons. The number of methoxy groups -OCH3 is 1. The first kappa shape index (κ1) is 26.1. The monoisotopic (exact) mass is 520 g/mol. The molecule has 1 aliphatic rings. The fourth-order valence-corrected chi connectivity index (χ4v) is 5.15. The van der Waals surface area contributed by atoms with Crippen LogP contribution in [0, 0.1) is 11.8 Å². The Morgan fingerprint density at radius 3 is 2.39 bits per heavy atom. The molecule has 36 heavy (non-hydrogen) atoms. The van der Waals surface area contributed by atoms with Crippen molar-refractivity contribution in [3.63, 3.8) is 0 Å². The van der Waals surface area contributed by atoms with E-state index in [1.54, 1.807) is 29.0 Å². The van der Waals surface area contributed by atoms with Gasteiger partial charge in [-0.05, 0) is 74.4 Å². The predicted molar refractivity (Wildman–Crippen MR) is 132 cm³/mol. The van der Waals surface area contributed by atoms with Crippen LogP contribution in [-0.2, 0) is 22.3 Å². The summed E-state index contributed by atoms with van der Waals surface area (Å²) >= 11 is 5.97. The molecule has 2 aromatic carbocycles. The highest BCUT2D eigenvalue weighted by molar-refractivity contribution is 6.30. The van der Waals surface area contributed by atoms with Gasteiger partial charge in [0.05, 0.1) is 29.7 Å². The summed E-state index contributed by atoms with van der Waals surface area (Å²) in [4.78, 5) is 25.2. The summed E-state index contributed by atoms with van der Waals surface area (Å²) in [5.74, 6) is -0.798. The van der Waals surface area contributed by atoms with Crippen molar-refractivity contribution >= 4 is 34.4 Å². The van der Waals surface area contributed by atoms with Gasteiger partial charge in [0.25, 0.3) is 5.91 Å². The molecular formula is C27H28ClF3N2O3. The number of rotatable bonds is 6. The largest absolute Gasteiger partial charge is 0.469 e. The Kier molecular flexibility index (Phi) is 7.64. The second kappa shape index (κ2) is 10.5. The normalized spacial score (nSPS) is 19.2. The van der Waals surface area contributed by atoms with E-state index in [0.717, 1.165) is 30.5 Å². The maximum Gasteiger partial charge on any atom is 0.416 e. The lowest BCUT2D eigenvalue weighted by Crippen LogP contribution is -2.40. The number of carbonyl (C=O) groups excluding carboxylic acids is 2. The number of aromatic nitrogens is 1. The van der Waals surface area contributed by atoms with Gasteiger partial charge in [0.2, 0.25) is 0 Å². The number of nitrogens with one attached hydrogen (secondary N) is 1. The molecule has 1 aliphatic carbocycles. The van der Waals surface area contributed by atoms with E-state index in [1.165, 1.54) is 7.11 Å². The topological polar surface area (TPSA) is 60.3 Å². The quantitative estimate of drug-likeness (QED) is 0.379. The van der Waals surface area contributed by atoms with E-state index in [-0.39, 0.29) is 29.4 Å². The summed E-state index contributed by atoms with van der Waals surface area (Å²) in [7, 11) is 1.37. The number of alkyl halides is 3. The average molecular weight is 521 g/mol. The minimum atomic E-state index is -4.58. The molecule has 1 unspecified atom stereocenters. The zero-order valence-electron chi connectivity index (χ0n) is 20.1. The van der Waals surface area contributed by atoms with Crippen LogP contribution < -0.4 is 5.32 Å². The molecule has 0 spiro atoms. The Balaban J connectivity index is 1.60. The number of amides is 1. The predicted octanol–water partition coefficient (Wildman–Crippen LogP) is 6.46. The van der Waals surface area contributed by atoms with Crippen molar-refractivity contribution < 1.29 is 27.5 Å². The molecule has 1 atom stereocenters. The lowest BCUT2D eigenvalue weighted by Gasteiger charge is -2.31. The SMILES string of the molecule is COC(=O)[C@H]1CC[C@H](C(C)NC(=O)c2cc(C(F)(F)F)cc3ccn(Cc4ccc(Cl)cc4)c23)CC1. The van der Waals surface area contributed by atoms with Crippen LogP contribution in [0.1, 0.15) is 54.1 Å². The molecule has 1 N–H and O–H groups in total. The molecule has 5 nitrogen and oxygen atoms in total. The van der Waals surface area contributed by atoms with Crippen molar-refractivity contribution in [1.29, 1.82) is 0 Å². The van der Waals surface area contributed by atoms with E-state index in [9.17, 15) is 22.8 Å². The standard InChI is InChI=1S/C27H28ClF3N2O3/c1-16(18-5-7-19(8-6-18)26(35)36-2)32-25(34)23-14-21(27(29,30)31)13-20-11-12-33(24(20)23)15-17-3-9-22(28)10-4-17/h3-4,9-14,16,18-19H,5-8,15H2,1-2H3,(H,32,34)/t16?,18-,19-. The lowest BCUT2D eigenvalue weighted by atomic mass is 9.79. The van der Waals surface area contributed by atoms with Crippen LogP contribution >= 0.6 is 11.6 Å². The molecule has 0 bridgehead atoms. The molecule has 1 saturated carbocycles. The lowest BCUT2D eigenvalue weighted by molar-refractivity contribution is -0.147. The fourth-order valence-electron chi connectivity index (χ4n) is 5.03. The third-order valence-corrected chi connectivity index (χ3v) is 7.32. The van der Waals surface area contributed by atoms with E-state index in [2.05, 4.69) is 5.32 Å². The number of halogens is 4. The molecule has 3 aromatic rings. The zero-order chi connectivity index (χ0) is 26.0. The first-order valence-electron chi connectivity index (χ1n) is 11.9. The minimum Gasteiger partial charge on any atom is -0.469 e. The van der Waals surface area contributed by atoms with Crippen LogP contribution in [0.3, 0.4) is 0 Å². The molecule has 192 valence electrons. The van der Waals surface area contributed by atoms with Crippen molar-refractivity contribution in [3.05, 3.63) is 70.4 Å². The van der Waals surface area contributed by atoms with Gasteiger partial charge in [-0.1, -0.05) is 23.7 Å². The second-order valence-corrected chi connectivity index (χ2v) is 9.86. The highest BCUT2D eigenvalue weighted by Gasteiger charge is 2.34. The van der Waals surface area contributed by atoms with E-state index in [1.807, 2.05) is 19.1 Å². The van der Waals surface area contributed by atoms with Gasteiger partial charge in [-0.25, -0.2) is 0 Å². The van der Waals surface area contributed by atoms with Gasteiger partial charge in [0.15, 0.2) is 0 Å². The molecular weight excluding hydrogens is 493 g/mol. The van der Waals surface area contributed by atoms with E-state index < -0.39 is 17.6 Å². The number of hydrogen-bond donors (Lipinski definition) is 1. The molecule has 0 saturated heterocycles. The van der Waals surface area contributed by atoms with Crippen LogP contribution in [0.5, 0.6) is 0 Å². The number of fused-ring (bicyclic) bond motifs is 1. The fraction of sp³-hybridized carbons (Fsp3) is 0.407. The van der Waals surface area contributed by atoms with Crippen molar-refractivity contribution in [2.24, 2.45) is 11.8 Å². The summed E-state index contributed by atoms with van der Waals surface area (Å²) < 4.78 is 47.5. The van der Waals surface area contributed by atoms with Crippen molar-refractivity contribution in [2.45, 2.75) is 51.4 Å². The van der Waals surface area contributed by atoms with Crippen molar-refractivity contribution in [2.75, 3.05) is 7.11 Å². The Morgan fingerprint density at radius 2 is 1.78 bits per heavy atom. The number of ether oxygens (including phenoxy) is 1. The van der Waals surface area contributed by atoms with Gasteiger partial charge in [0, 0.05) is 29.2 Å². The highest BCUT2D eigenvalue weighted by atomic mass is 35.5. The van der Waals surface area contributed by atoms with Gasteiger partial charge in [0.1, 0.15) is 0 Å². The summed E-state index contributed by atoms with van der Waals surface area (Å²) in [6.07, 6.45) is -0.115. The van der Waals surface area contributed by atoms with Crippen LogP contribution in [0.4, 0.5) is 13.2 Å². The molecule has 1 fully saturated rings. The van der Waals surface area contributed by atoms with E-state index in [4.69, 9.17) is 16.3 Å². The van der Waals surface area contributed by atoms with Crippen molar-refractivity contribution in [1.82, 2.24) is 9.88 Å². The number of nitrogens with zero attached hydrogens (tertiary/aromatic N) is 1. The first-order valence-corrected chi connectivity index (χ1v) is 12.3. The van der Waals surface area contributed by atoms with Gasteiger partial charge in [-0.15, -0.1) is 0 Å². The minimum absolute atomic E-state index is 0.0196. The average Bonchev–Trinajstić information content (AvgIpc) is 3.26. The van der Waals surface area contributed by atoms with Gasteiger partial charge in [-0.2, -0.15) is 13.2 Å². The summed E-state index contributed by atoms with van der Waals surface area (Å²) in [6.45, 7) is 2.23. The Bertz CT molecular complexity index is 1250. The maximum atomic E-state index is 13.6. The second-order valence-electron chi connectivity index (χ2n) is 9.43. The maximum absolute atomic E-state index is 13.6. The Labute approximate surface area is 212 Å². The third kappa shape index (κ3) is 5.69. The number of carbonyl (C=O) groups is 2. The highest BCUT2D eigenvalue weighted by Crippen LogP contribution is 2.35. The molecule has 0 aliphatic heterocycles. The number of benzene rings is 2. The number of esters is 1. The van der Waals surface area contributed by atoms with Gasteiger partial charge in [-0.3, -0.25) is 9.59 Å². The first-order chi connectivity index (χ1) is 17.1. The van der Waals surface area contributed by atoms with Crippen LogP contribution in [0.2, 0.25) is 5.02 Å². The Morgan fingerprint density at radius 1 is 1.11 bits per heavy atom. The smallest absolute Gasteiger partial charge is 0.416 e. The third-order valence-electron chi connectivity index (χ3n) is 7.07. The van der Waals surface area contributed by atoms with Gasteiger partial charge < -0.3 is 14.6 Å². The number of hydrogen-bond acceptors (Lipinski definition) is 3. The molecule has 4 rings (SSSR count). The van der Waals surface area contributed by atoms with Crippen LogP contribution in [0.25, 0.3) is 10.9 Å². The summed E-state index contributed by atoms with van der Waals surface area (Å²) in [5.41, 5.74) is 0.459. The van der Waals surface area contributed by atoms with E-state index in [0.29, 0.717) is 35.3 Å². The molecule has 1 aromatic heterocycles. The molecule has 1 heterocycles. The van der Waals surface area contributed by atoms with Crippen LogP contribution in [-0.4, -0.2) is 29.6 Å². The van der Waals surface area contributed by atoms with Crippen molar-refractivity contribution in [3.8, 4) is 0 Å². The van der Waals surface area contributed by atoms with Gasteiger partial charge >= 0.3 is 12.1 Å². The zero-order valence-corrected chi connectivity index (χ0v) is 20.8. The molecule has 9 heteroatoms. The summed E-state index contributed by atoms with van der Waals surface area (Å²) in [6, 6.07) is 10.5. The van der Waals surface area contributed by atoms with E-state index >= 15 is 0 Å². The Hall–Kier alpha value is -3.00.